The Morgan fingerprint density at radius 3 is 0.622 bits per heavy atom. The van der Waals surface area contributed by atoms with E-state index < -0.39 is 34.6 Å². The van der Waals surface area contributed by atoms with Gasteiger partial charge in [-0.25, -0.2) is 0 Å². The van der Waals surface area contributed by atoms with Crippen molar-refractivity contribution in [2.24, 2.45) is 0 Å². The zero-order valence-electron chi connectivity index (χ0n) is 39.7. The largest absolute Gasteiger partial charge is 0.419 e. The molecule has 10 aromatic carbocycles. The van der Waals surface area contributed by atoms with Crippen LogP contribution in [-0.4, -0.2) is 18.3 Å². The summed E-state index contributed by atoms with van der Waals surface area (Å²) in [6, 6.07) is 62.6. The highest BCUT2D eigenvalue weighted by Crippen LogP contribution is 2.54. The molecule has 0 saturated heterocycles. The molecule has 0 aliphatic carbocycles. The average molecular weight is 979 g/mol. The number of fused-ring (bicyclic) bond motifs is 12. The molecule has 358 valence electrons. The van der Waals surface area contributed by atoms with E-state index in [0.29, 0.717) is 77.1 Å². The van der Waals surface area contributed by atoms with E-state index in [2.05, 4.69) is 0 Å². The van der Waals surface area contributed by atoms with Gasteiger partial charge >= 0.3 is 12.4 Å². The first-order valence-corrected chi connectivity index (χ1v) is 24.3. The van der Waals surface area contributed by atoms with E-state index in [0.717, 1.165) is 21.5 Å². The van der Waals surface area contributed by atoms with Crippen LogP contribution in [0.5, 0.6) is 0 Å². The van der Waals surface area contributed by atoms with Crippen LogP contribution in [0, 0.1) is 13.8 Å². The first-order chi connectivity index (χ1) is 35.9. The maximum Gasteiger partial charge on any atom is 0.419 e. The Morgan fingerprint density at radius 2 is 0.432 bits per heavy atom. The van der Waals surface area contributed by atoms with Gasteiger partial charge in [0, 0.05) is 54.2 Å². The van der Waals surface area contributed by atoms with Crippen LogP contribution in [0.4, 0.5) is 26.3 Å². The van der Waals surface area contributed by atoms with E-state index in [1.165, 1.54) is 12.1 Å². The third-order valence-corrected chi connectivity index (χ3v) is 15.2. The Labute approximate surface area is 418 Å². The third kappa shape index (κ3) is 6.11. The summed E-state index contributed by atoms with van der Waals surface area (Å²) in [5.41, 5.74) is 1.17. The second-order valence-electron chi connectivity index (χ2n) is 19.1. The van der Waals surface area contributed by atoms with E-state index in [9.17, 15) is 0 Å². The summed E-state index contributed by atoms with van der Waals surface area (Å²) in [6.45, 7) is 3.10. The van der Waals surface area contributed by atoms with Gasteiger partial charge in [0.25, 0.3) is 0 Å². The number of hydrogen-bond acceptors (Lipinski definition) is 0. The van der Waals surface area contributed by atoms with Gasteiger partial charge in [-0.3, -0.25) is 0 Å². The van der Waals surface area contributed by atoms with Crippen LogP contribution < -0.4 is 0 Å². The van der Waals surface area contributed by atoms with Gasteiger partial charge < -0.3 is 18.3 Å². The minimum atomic E-state index is -5.22. The second-order valence-corrected chi connectivity index (χ2v) is 19.1. The molecule has 0 amide bonds. The number of para-hydroxylation sites is 8. The molecule has 74 heavy (non-hydrogen) atoms. The number of hydrogen-bond donors (Lipinski definition) is 0. The molecular formula is C64H40F6N4. The first-order valence-electron chi connectivity index (χ1n) is 24.3. The molecule has 4 heterocycles. The summed E-state index contributed by atoms with van der Waals surface area (Å²) < 4.78 is 111. The third-order valence-electron chi connectivity index (χ3n) is 15.2. The number of benzene rings is 10. The molecule has 0 saturated carbocycles. The Balaban J connectivity index is 1.27. The van der Waals surface area contributed by atoms with Crippen molar-refractivity contribution in [2.75, 3.05) is 0 Å². The van der Waals surface area contributed by atoms with Crippen LogP contribution in [0.3, 0.4) is 0 Å². The van der Waals surface area contributed by atoms with Gasteiger partial charge in [0.1, 0.15) is 0 Å². The van der Waals surface area contributed by atoms with E-state index in [-0.39, 0.29) is 22.5 Å². The van der Waals surface area contributed by atoms with Gasteiger partial charge in [0.2, 0.25) is 0 Å². The molecule has 14 rings (SSSR count). The van der Waals surface area contributed by atoms with Crippen molar-refractivity contribution in [3.8, 4) is 33.9 Å². The Morgan fingerprint density at radius 1 is 0.257 bits per heavy atom. The lowest BCUT2D eigenvalue weighted by Gasteiger charge is -2.30. The Hall–Kier alpha value is -9.02. The highest BCUT2D eigenvalue weighted by Gasteiger charge is 2.46. The predicted octanol–water partition coefficient (Wildman–Crippen LogP) is 18.4. The van der Waals surface area contributed by atoms with Crippen molar-refractivity contribution in [1.82, 2.24) is 18.3 Å². The van der Waals surface area contributed by atoms with Crippen LogP contribution in [0.1, 0.15) is 22.3 Å². The SMILES string of the molecule is Cc1c(-n2c3ccccc3c3ccccc32)cc(-n2c3ccccc3c3ccccc32)c(C(F)(F)F)c1-c1c(C)c(-n2c3ccccc3c3ccccc32)cc(-n2c3ccccc3c3ccccc32)c1C(F)(F)F. The fourth-order valence-electron chi connectivity index (χ4n) is 12.3. The molecule has 0 fully saturated rings. The summed E-state index contributed by atoms with van der Waals surface area (Å²) in [7, 11) is 0. The average Bonchev–Trinajstić information content (AvgIpc) is 4.14. The topological polar surface area (TPSA) is 19.7 Å². The maximum atomic E-state index is 17.4. The van der Waals surface area contributed by atoms with Crippen molar-refractivity contribution >= 4 is 87.2 Å². The second kappa shape index (κ2) is 15.7. The lowest BCUT2D eigenvalue weighted by atomic mass is 9.84. The van der Waals surface area contributed by atoms with Gasteiger partial charge in [0.15, 0.2) is 0 Å². The van der Waals surface area contributed by atoms with Crippen LogP contribution in [0.2, 0.25) is 0 Å². The molecule has 0 aliphatic heterocycles. The van der Waals surface area contributed by atoms with E-state index >= 15 is 26.3 Å². The molecule has 14 aromatic rings. The number of nitrogens with zero attached hydrogens (tertiary/aromatic N) is 4. The van der Waals surface area contributed by atoms with Gasteiger partial charge in [-0.2, -0.15) is 26.3 Å². The highest BCUT2D eigenvalue weighted by atomic mass is 19.4. The Bertz CT molecular complexity index is 4160. The Kier molecular flexibility index (Phi) is 9.30. The van der Waals surface area contributed by atoms with Crippen molar-refractivity contribution in [2.45, 2.75) is 26.2 Å². The molecule has 0 bridgehead atoms. The van der Waals surface area contributed by atoms with Gasteiger partial charge in [0.05, 0.1) is 78.0 Å². The molecule has 0 atom stereocenters. The number of alkyl halides is 6. The first kappa shape index (κ1) is 43.7. The van der Waals surface area contributed by atoms with E-state index in [1.54, 1.807) is 71.5 Å². The lowest BCUT2D eigenvalue weighted by Crippen LogP contribution is -2.20. The predicted molar refractivity (Wildman–Crippen MR) is 289 cm³/mol. The monoisotopic (exact) mass is 978 g/mol. The molecule has 4 nitrogen and oxygen atoms in total. The summed E-state index contributed by atoms with van der Waals surface area (Å²) in [6.07, 6.45) is -10.4. The van der Waals surface area contributed by atoms with E-state index in [1.807, 2.05) is 155 Å². The summed E-state index contributed by atoms with van der Waals surface area (Å²) in [4.78, 5) is 0. The maximum absolute atomic E-state index is 17.4. The van der Waals surface area contributed by atoms with Crippen molar-refractivity contribution in [3.05, 3.63) is 229 Å². The molecule has 4 aromatic heterocycles. The normalized spacial score (nSPS) is 12.6. The quantitative estimate of drug-likeness (QED) is 0.153. The lowest BCUT2D eigenvalue weighted by molar-refractivity contribution is -0.139. The number of halogens is 6. The minimum absolute atomic E-state index is 0.0227. The fourth-order valence-corrected chi connectivity index (χ4v) is 12.3. The molecule has 10 heteroatoms. The highest BCUT2D eigenvalue weighted by molar-refractivity contribution is 6.13. The van der Waals surface area contributed by atoms with Crippen LogP contribution >= 0.6 is 0 Å². The number of rotatable bonds is 5. The summed E-state index contributed by atoms with van der Waals surface area (Å²) in [5.74, 6) is 0. The standard InChI is InChI=1S/C64H40F6N4/c1-37-55(71-47-27-11-3-19-39(47)40-20-4-12-28-48(40)71)35-57(73-51-31-15-7-23-43(51)44-24-8-16-32-52(44)73)61(63(65,66)67)59(37)60-38(2)56(72-49-29-13-5-21-41(49)42-22-6-14-30-50(42)72)36-58(62(60)64(68,69)70)74-53-33-17-9-25-45(53)46-26-10-18-34-54(46)74/h3-36H,1-2H3. The molecule has 0 radical (unpaired) electrons. The summed E-state index contributed by atoms with van der Waals surface area (Å²) >= 11 is 0. The van der Waals surface area contributed by atoms with Gasteiger partial charge in [-0.1, -0.05) is 146 Å². The van der Waals surface area contributed by atoms with E-state index in [4.69, 9.17) is 0 Å². The van der Waals surface area contributed by atoms with Crippen LogP contribution in [0.25, 0.3) is 121 Å². The summed E-state index contributed by atoms with van der Waals surface area (Å²) in [5, 5.41) is 6.18. The van der Waals surface area contributed by atoms with Crippen molar-refractivity contribution in [3.63, 3.8) is 0 Å². The fraction of sp³-hybridized carbons (Fsp3) is 0.0625. The smallest absolute Gasteiger partial charge is 0.309 e. The molecule has 0 unspecified atom stereocenters. The van der Waals surface area contributed by atoms with Crippen molar-refractivity contribution < 1.29 is 26.3 Å². The van der Waals surface area contributed by atoms with Gasteiger partial charge in [-0.05, 0) is 85.6 Å². The van der Waals surface area contributed by atoms with Crippen molar-refractivity contribution in [1.29, 1.82) is 0 Å². The number of aromatic nitrogens is 4. The molecular weight excluding hydrogens is 939 g/mol. The zero-order chi connectivity index (χ0) is 50.4. The minimum Gasteiger partial charge on any atom is -0.309 e. The molecule has 0 spiro atoms. The molecule has 0 aliphatic rings. The van der Waals surface area contributed by atoms with Crippen LogP contribution in [-0.2, 0) is 12.4 Å². The molecule has 0 N–H and O–H groups in total. The van der Waals surface area contributed by atoms with Gasteiger partial charge in [-0.15, -0.1) is 0 Å². The van der Waals surface area contributed by atoms with Crippen LogP contribution in [0.15, 0.2) is 206 Å². The zero-order valence-corrected chi connectivity index (χ0v) is 39.7.